The van der Waals surface area contributed by atoms with Crippen molar-refractivity contribution in [2.24, 2.45) is 11.3 Å². The molecule has 2 aliphatic rings. The molecule has 4 heteroatoms. The van der Waals surface area contributed by atoms with Crippen molar-refractivity contribution in [2.75, 3.05) is 6.54 Å². The summed E-state index contributed by atoms with van der Waals surface area (Å²) in [7, 11) is 0. The average molecular weight is 296 g/mol. The van der Waals surface area contributed by atoms with Crippen LogP contribution in [0.2, 0.25) is 0 Å². The second-order valence-electron chi connectivity index (χ2n) is 8.25. The Morgan fingerprint density at radius 2 is 1.86 bits per heavy atom. The predicted octanol–water partition coefficient (Wildman–Crippen LogP) is 3.46. The van der Waals surface area contributed by atoms with E-state index in [1.165, 1.54) is 12.8 Å². The molecule has 0 bridgehead atoms. The molecule has 122 valence electrons. The normalized spacial score (nSPS) is 27.7. The van der Waals surface area contributed by atoms with Gasteiger partial charge in [-0.2, -0.15) is 0 Å². The number of nitrogens with one attached hydrogen (secondary N) is 2. The summed E-state index contributed by atoms with van der Waals surface area (Å²) in [6.07, 6.45) is 5.66. The van der Waals surface area contributed by atoms with E-state index in [9.17, 15) is 4.79 Å². The molecule has 0 aliphatic heterocycles. The van der Waals surface area contributed by atoms with Gasteiger partial charge in [0, 0.05) is 18.6 Å². The predicted molar refractivity (Wildman–Crippen MR) is 85.3 cm³/mol. The van der Waals surface area contributed by atoms with Gasteiger partial charge in [0.15, 0.2) is 0 Å². The number of alkyl carbamates (subject to hydrolysis) is 1. The highest BCUT2D eigenvalue weighted by Gasteiger charge is 2.45. The number of hydrogen-bond donors (Lipinski definition) is 2. The highest BCUT2D eigenvalue weighted by atomic mass is 16.6. The van der Waals surface area contributed by atoms with Crippen LogP contribution in [-0.2, 0) is 4.74 Å². The van der Waals surface area contributed by atoms with E-state index in [1.807, 2.05) is 20.8 Å². The SMILES string of the molecule is CC(C)C1(CNC2CCC(NC(=O)OC(C)(C)C)C2)CC1. The molecule has 0 aromatic heterocycles. The van der Waals surface area contributed by atoms with Crippen LogP contribution >= 0.6 is 0 Å². The van der Waals surface area contributed by atoms with Gasteiger partial charge in [0.05, 0.1) is 0 Å². The summed E-state index contributed by atoms with van der Waals surface area (Å²) < 4.78 is 5.32. The number of hydrogen-bond acceptors (Lipinski definition) is 3. The highest BCUT2D eigenvalue weighted by Crippen LogP contribution is 2.51. The van der Waals surface area contributed by atoms with Gasteiger partial charge < -0.3 is 15.4 Å². The van der Waals surface area contributed by atoms with Crippen molar-refractivity contribution < 1.29 is 9.53 Å². The molecule has 21 heavy (non-hydrogen) atoms. The first kappa shape index (κ1) is 16.6. The van der Waals surface area contributed by atoms with Crippen LogP contribution in [-0.4, -0.2) is 30.3 Å². The van der Waals surface area contributed by atoms with Crippen LogP contribution in [0.3, 0.4) is 0 Å². The summed E-state index contributed by atoms with van der Waals surface area (Å²) in [6, 6.07) is 0.799. The summed E-state index contributed by atoms with van der Waals surface area (Å²) >= 11 is 0. The van der Waals surface area contributed by atoms with Crippen molar-refractivity contribution in [3.63, 3.8) is 0 Å². The first-order chi connectivity index (χ1) is 9.70. The van der Waals surface area contributed by atoms with Crippen LogP contribution in [0.15, 0.2) is 0 Å². The first-order valence-corrected chi connectivity index (χ1v) is 8.43. The summed E-state index contributed by atoms with van der Waals surface area (Å²) in [4.78, 5) is 11.8. The van der Waals surface area contributed by atoms with Gasteiger partial charge in [0.2, 0.25) is 0 Å². The van der Waals surface area contributed by atoms with E-state index in [-0.39, 0.29) is 12.1 Å². The third kappa shape index (κ3) is 4.87. The molecule has 2 atom stereocenters. The largest absolute Gasteiger partial charge is 0.444 e. The molecule has 0 radical (unpaired) electrons. The van der Waals surface area contributed by atoms with E-state index < -0.39 is 5.60 Å². The minimum atomic E-state index is -0.421. The molecule has 2 unspecified atom stereocenters. The van der Waals surface area contributed by atoms with E-state index in [0.29, 0.717) is 11.5 Å². The van der Waals surface area contributed by atoms with Crippen LogP contribution in [0, 0.1) is 11.3 Å². The van der Waals surface area contributed by atoms with Crippen LogP contribution < -0.4 is 10.6 Å². The van der Waals surface area contributed by atoms with Crippen molar-refractivity contribution in [2.45, 2.75) is 84.4 Å². The zero-order valence-corrected chi connectivity index (χ0v) is 14.3. The van der Waals surface area contributed by atoms with Gasteiger partial charge in [-0.05, 0) is 64.2 Å². The van der Waals surface area contributed by atoms with Gasteiger partial charge in [-0.25, -0.2) is 4.79 Å². The third-order valence-corrected chi connectivity index (χ3v) is 5.01. The summed E-state index contributed by atoms with van der Waals surface area (Å²) in [5.74, 6) is 0.766. The molecule has 4 nitrogen and oxygen atoms in total. The van der Waals surface area contributed by atoms with Crippen LogP contribution in [0.4, 0.5) is 4.79 Å². The van der Waals surface area contributed by atoms with Gasteiger partial charge in [-0.3, -0.25) is 0 Å². The van der Waals surface area contributed by atoms with E-state index in [0.717, 1.165) is 31.7 Å². The lowest BCUT2D eigenvalue weighted by atomic mass is 9.92. The van der Waals surface area contributed by atoms with Crippen molar-refractivity contribution in [1.82, 2.24) is 10.6 Å². The zero-order valence-electron chi connectivity index (χ0n) is 14.3. The average Bonchev–Trinajstić information content (AvgIpc) is 3.00. The zero-order chi connectivity index (χ0) is 15.7. The molecular weight excluding hydrogens is 264 g/mol. The molecule has 2 fully saturated rings. The second kappa shape index (κ2) is 6.15. The van der Waals surface area contributed by atoms with E-state index in [4.69, 9.17) is 4.74 Å². The molecule has 0 spiro atoms. The lowest BCUT2D eigenvalue weighted by molar-refractivity contribution is 0.0505. The Labute approximate surface area is 129 Å². The van der Waals surface area contributed by atoms with Gasteiger partial charge in [0.25, 0.3) is 0 Å². The van der Waals surface area contributed by atoms with Crippen molar-refractivity contribution in [3.8, 4) is 0 Å². The standard InChI is InChI=1S/C17H32N2O2/c1-12(2)17(8-9-17)11-18-13-6-7-14(10-13)19-15(20)21-16(3,4)5/h12-14,18H,6-11H2,1-5H3,(H,19,20). The maximum absolute atomic E-state index is 11.8. The molecule has 0 saturated heterocycles. The Bertz CT molecular complexity index is 369. The van der Waals surface area contributed by atoms with Gasteiger partial charge >= 0.3 is 6.09 Å². The lowest BCUT2D eigenvalue weighted by Gasteiger charge is -2.23. The molecule has 0 aromatic rings. The Hall–Kier alpha value is -0.770. The molecule has 0 heterocycles. The number of rotatable bonds is 5. The maximum atomic E-state index is 11.8. The van der Waals surface area contributed by atoms with Crippen LogP contribution in [0.5, 0.6) is 0 Å². The van der Waals surface area contributed by atoms with Crippen LogP contribution in [0.25, 0.3) is 0 Å². The van der Waals surface area contributed by atoms with Crippen molar-refractivity contribution in [3.05, 3.63) is 0 Å². The molecule has 2 rings (SSSR count). The summed E-state index contributed by atoms with van der Waals surface area (Å²) in [5, 5.41) is 6.72. The van der Waals surface area contributed by atoms with Crippen molar-refractivity contribution >= 4 is 6.09 Å². The number of carbonyl (C=O) groups is 1. The minimum absolute atomic E-state index is 0.256. The molecule has 2 aliphatic carbocycles. The van der Waals surface area contributed by atoms with E-state index in [1.54, 1.807) is 0 Å². The molecule has 2 N–H and O–H groups in total. The fourth-order valence-electron chi connectivity index (χ4n) is 3.24. The van der Waals surface area contributed by atoms with Crippen molar-refractivity contribution in [1.29, 1.82) is 0 Å². The number of amides is 1. The topological polar surface area (TPSA) is 50.4 Å². The summed E-state index contributed by atoms with van der Waals surface area (Å²) in [6.45, 7) is 11.5. The first-order valence-electron chi connectivity index (χ1n) is 8.43. The van der Waals surface area contributed by atoms with E-state index in [2.05, 4.69) is 24.5 Å². The molecule has 1 amide bonds. The molecule has 2 saturated carbocycles. The Morgan fingerprint density at radius 3 is 2.38 bits per heavy atom. The monoisotopic (exact) mass is 296 g/mol. The van der Waals surface area contributed by atoms with Gasteiger partial charge in [-0.1, -0.05) is 13.8 Å². The fraction of sp³-hybridized carbons (Fsp3) is 0.941. The quantitative estimate of drug-likeness (QED) is 0.817. The lowest BCUT2D eigenvalue weighted by Crippen LogP contribution is -2.39. The van der Waals surface area contributed by atoms with Gasteiger partial charge in [0.1, 0.15) is 5.60 Å². The molecular formula is C17H32N2O2. The molecule has 0 aromatic carbocycles. The fourth-order valence-corrected chi connectivity index (χ4v) is 3.24. The summed E-state index contributed by atoms with van der Waals surface area (Å²) in [5.41, 5.74) is 0.132. The maximum Gasteiger partial charge on any atom is 0.407 e. The Morgan fingerprint density at radius 1 is 1.24 bits per heavy atom. The number of ether oxygens (including phenoxy) is 1. The van der Waals surface area contributed by atoms with Gasteiger partial charge in [-0.15, -0.1) is 0 Å². The Kier molecular flexibility index (Phi) is 4.86. The Balaban J connectivity index is 1.68. The third-order valence-electron chi connectivity index (χ3n) is 5.01. The second-order valence-corrected chi connectivity index (χ2v) is 8.25. The van der Waals surface area contributed by atoms with E-state index >= 15 is 0 Å². The smallest absolute Gasteiger partial charge is 0.407 e. The minimum Gasteiger partial charge on any atom is -0.444 e. The highest BCUT2D eigenvalue weighted by molar-refractivity contribution is 5.68. The number of carbonyl (C=O) groups excluding carboxylic acids is 1. The van der Waals surface area contributed by atoms with Crippen LogP contribution in [0.1, 0.15) is 66.7 Å².